The summed E-state index contributed by atoms with van der Waals surface area (Å²) < 4.78 is 35.6. The van der Waals surface area contributed by atoms with E-state index in [1.807, 2.05) is 0 Å². The van der Waals surface area contributed by atoms with Crippen LogP contribution in [0, 0.1) is 0 Å². The lowest BCUT2D eigenvalue weighted by Gasteiger charge is -2.32. The van der Waals surface area contributed by atoms with Crippen molar-refractivity contribution in [2.45, 2.75) is 0 Å². The molecule has 0 fully saturated rings. The average Bonchev–Trinajstić information content (AvgIpc) is 2.62. The van der Waals surface area contributed by atoms with E-state index in [1.54, 1.807) is 60.7 Å². The van der Waals surface area contributed by atoms with Gasteiger partial charge in [0.2, 0.25) is 0 Å². The van der Waals surface area contributed by atoms with Gasteiger partial charge in [0.25, 0.3) is 0 Å². The van der Waals surface area contributed by atoms with Gasteiger partial charge < -0.3 is 18.2 Å². The highest BCUT2D eigenvalue weighted by atomic mass is 31.2. The fourth-order valence-electron chi connectivity index (χ4n) is 2.15. The molecule has 0 amide bonds. The first-order valence-electron chi connectivity index (χ1n) is 7.19. The number of hydrogen-bond donors (Lipinski definition) is 2. The normalized spacial score (nSPS) is 16.4. The van der Waals surface area contributed by atoms with Crippen LogP contribution < -0.4 is 10.4 Å². The zero-order valence-corrected chi connectivity index (χ0v) is 16.1. The molecule has 0 heterocycles. The standard InChI is InChI=1S/C16H18O6P2Si/c1-3-23(17,18)21-25(22-24(19,20)4-2,15-11-7-5-8-12-15)16-13-9-6-10-14-16/h3-14H,1-2H2,(H,17,18)(H,19,20). The topological polar surface area (TPSA) is 93.1 Å². The van der Waals surface area contributed by atoms with Crippen molar-refractivity contribution >= 4 is 34.1 Å². The maximum atomic E-state index is 12.3. The molecule has 0 spiro atoms. The quantitative estimate of drug-likeness (QED) is 0.527. The first-order chi connectivity index (χ1) is 11.7. The Morgan fingerprint density at radius 2 is 1.08 bits per heavy atom. The van der Waals surface area contributed by atoms with Crippen molar-refractivity contribution in [3.05, 3.63) is 85.5 Å². The molecular weight excluding hydrogens is 378 g/mol. The van der Waals surface area contributed by atoms with Crippen LogP contribution in [0.3, 0.4) is 0 Å². The minimum atomic E-state index is -4.29. The van der Waals surface area contributed by atoms with Gasteiger partial charge in [-0.25, -0.2) is 0 Å². The van der Waals surface area contributed by atoms with E-state index in [9.17, 15) is 18.9 Å². The molecule has 25 heavy (non-hydrogen) atoms. The van der Waals surface area contributed by atoms with Gasteiger partial charge in [0, 0.05) is 11.6 Å². The lowest BCUT2D eigenvalue weighted by Crippen LogP contribution is -2.62. The fraction of sp³-hybridized carbons (Fsp3) is 0. The summed E-state index contributed by atoms with van der Waals surface area (Å²) >= 11 is 0. The van der Waals surface area contributed by atoms with Crippen LogP contribution in [0.1, 0.15) is 0 Å². The van der Waals surface area contributed by atoms with Gasteiger partial charge in [0.05, 0.1) is 0 Å². The van der Waals surface area contributed by atoms with Gasteiger partial charge in [0.1, 0.15) is 0 Å². The van der Waals surface area contributed by atoms with Crippen molar-refractivity contribution in [3.8, 4) is 0 Å². The van der Waals surface area contributed by atoms with Crippen molar-refractivity contribution in [1.29, 1.82) is 0 Å². The van der Waals surface area contributed by atoms with E-state index in [1.165, 1.54) is 0 Å². The van der Waals surface area contributed by atoms with E-state index >= 15 is 0 Å². The number of rotatable bonds is 8. The Balaban J connectivity index is 2.77. The Bertz CT molecular complexity index is 769. The fourth-order valence-corrected chi connectivity index (χ4v) is 9.41. The highest BCUT2D eigenvalue weighted by Crippen LogP contribution is 2.52. The van der Waals surface area contributed by atoms with E-state index in [2.05, 4.69) is 13.2 Å². The molecule has 2 rings (SSSR count). The third kappa shape index (κ3) is 4.75. The first-order valence-corrected chi connectivity index (χ1v) is 12.3. The van der Waals surface area contributed by atoms with Gasteiger partial charge in [-0.2, -0.15) is 0 Å². The summed E-state index contributed by atoms with van der Waals surface area (Å²) in [6.45, 7) is 6.59. The van der Waals surface area contributed by atoms with Crippen molar-refractivity contribution in [2.24, 2.45) is 0 Å². The highest BCUT2D eigenvalue weighted by Gasteiger charge is 2.51. The molecule has 2 N–H and O–H groups in total. The molecule has 0 aliphatic carbocycles. The summed E-state index contributed by atoms with van der Waals surface area (Å²) in [4.78, 5) is 20.0. The molecule has 6 nitrogen and oxygen atoms in total. The van der Waals surface area contributed by atoms with Crippen LogP contribution in [0.2, 0.25) is 0 Å². The largest absolute Gasteiger partial charge is 0.421 e. The Labute approximate surface area is 147 Å². The average molecular weight is 396 g/mol. The van der Waals surface area contributed by atoms with Crippen LogP contribution >= 0.6 is 15.2 Å². The summed E-state index contributed by atoms with van der Waals surface area (Å²) in [6, 6.07) is 16.7. The minimum Gasteiger partial charge on any atom is -0.322 e. The Hall–Kier alpha value is -1.56. The Morgan fingerprint density at radius 1 is 0.760 bits per heavy atom. The Kier molecular flexibility index (Phi) is 6.14. The predicted molar refractivity (Wildman–Crippen MR) is 100 cm³/mol. The summed E-state index contributed by atoms with van der Waals surface area (Å²) in [5, 5.41) is 0.793. The van der Waals surface area contributed by atoms with Crippen molar-refractivity contribution in [2.75, 3.05) is 0 Å². The summed E-state index contributed by atoms with van der Waals surface area (Å²) in [7, 11) is -12.6. The van der Waals surface area contributed by atoms with Crippen LogP contribution in [-0.2, 0) is 17.6 Å². The van der Waals surface area contributed by atoms with Crippen LogP contribution in [0.15, 0.2) is 85.5 Å². The van der Waals surface area contributed by atoms with E-state index in [4.69, 9.17) is 8.43 Å². The highest BCUT2D eigenvalue weighted by molar-refractivity contribution is 7.60. The van der Waals surface area contributed by atoms with E-state index in [0.717, 1.165) is 11.6 Å². The second-order valence-corrected chi connectivity index (χ2v) is 11.9. The zero-order valence-electron chi connectivity index (χ0n) is 13.3. The first kappa shape index (κ1) is 19.8. The van der Waals surface area contributed by atoms with E-state index in [-0.39, 0.29) is 0 Å². The van der Waals surface area contributed by atoms with Crippen LogP contribution in [0.25, 0.3) is 0 Å². The molecule has 0 saturated heterocycles. The predicted octanol–water partition coefficient (Wildman–Crippen LogP) is 2.93. The molecule has 2 atom stereocenters. The van der Waals surface area contributed by atoms with Crippen LogP contribution in [0.5, 0.6) is 0 Å². The molecule has 0 aliphatic heterocycles. The zero-order chi connectivity index (χ0) is 18.6. The molecule has 0 aromatic heterocycles. The smallest absolute Gasteiger partial charge is 0.322 e. The molecule has 2 unspecified atom stereocenters. The summed E-state index contributed by atoms with van der Waals surface area (Å²) in [5.41, 5.74) is 0. The molecule has 0 aliphatic rings. The van der Waals surface area contributed by atoms with E-state index < -0.39 is 23.8 Å². The lowest BCUT2D eigenvalue weighted by atomic mass is 10.4. The number of hydrogen-bond acceptors (Lipinski definition) is 4. The van der Waals surface area contributed by atoms with Crippen molar-refractivity contribution in [3.63, 3.8) is 0 Å². The second-order valence-electron chi connectivity index (χ2n) is 5.02. The second kappa shape index (κ2) is 7.77. The minimum absolute atomic E-state index is 0.397. The van der Waals surface area contributed by atoms with Crippen molar-refractivity contribution < 1.29 is 27.3 Å². The molecule has 2 aromatic rings. The molecule has 2 aromatic carbocycles. The SMILES string of the molecule is C=CP(=O)(O)O[Si](OP(=O)(O)C=C)(c1ccccc1)c1ccccc1. The van der Waals surface area contributed by atoms with Gasteiger partial charge in [-0.3, -0.25) is 9.13 Å². The lowest BCUT2D eigenvalue weighted by molar-refractivity contribution is 0.327. The molecule has 0 bridgehead atoms. The summed E-state index contributed by atoms with van der Waals surface area (Å²) in [5.74, 6) is 1.53. The van der Waals surface area contributed by atoms with Gasteiger partial charge in [0.15, 0.2) is 0 Å². The number of benzene rings is 2. The third-order valence-electron chi connectivity index (χ3n) is 3.29. The van der Waals surface area contributed by atoms with Crippen molar-refractivity contribution in [1.82, 2.24) is 0 Å². The van der Waals surface area contributed by atoms with E-state index in [0.29, 0.717) is 10.4 Å². The monoisotopic (exact) mass is 396 g/mol. The van der Waals surface area contributed by atoms with Crippen LogP contribution in [0.4, 0.5) is 0 Å². The maximum absolute atomic E-state index is 12.3. The third-order valence-corrected chi connectivity index (χ3v) is 10.5. The molecule has 0 radical (unpaired) electrons. The molecule has 0 saturated carbocycles. The Morgan fingerprint density at radius 3 is 1.36 bits per heavy atom. The van der Waals surface area contributed by atoms with Gasteiger partial charge in [-0.1, -0.05) is 73.8 Å². The van der Waals surface area contributed by atoms with Gasteiger partial charge >= 0.3 is 23.8 Å². The molecule has 9 heteroatoms. The summed E-state index contributed by atoms with van der Waals surface area (Å²) in [6.07, 6.45) is 0. The van der Waals surface area contributed by atoms with Gasteiger partial charge in [-0.05, 0) is 10.4 Å². The maximum Gasteiger partial charge on any atom is 0.421 e. The van der Waals surface area contributed by atoms with Crippen LogP contribution in [-0.4, -0.2) is 18.3 Å². The molecular formula is C16H18O6P2Si. The molecule has 132 valence electrons. The van der Waals surface area contributed by atoms with Gasteiger partial charge in [-0.15, -0.1) is 0 Å².